The summed E-state index contributed by atoms with van der Waals surface area (Å²) in [4.78, 5) is 16.3. The van der Waals surface area contributed by atoms with Gasteiger partial charge in [0, 0.05) is 12.7 Å². The number of carbonyl (C=O) groups excluding carboxylic acids is 1. The maximum Gasteiger partial charge on any atom is 0.259 e. The molecule has 2 aromatic heterocycles. The molecule has 0 aliphatic heterocycles. The first-order valence-electron chi connectivity index (χ1n) is 8.89. The van der Waals surface area contributed by atoms with E-state index in [1.807, 2.05) is 24.3 Å². The van der Waals surface area contributed by atoms with Gasteiger partial charge in [-0.2, -0.15) is 0 Å². The highest BCUT2D eigenvalue weighted by atomic mass is 32.1. The van der Waals surface area contributed by atoms with E-state index in [0.717, 1.165) is 5.56 Å². The number of aliphatic hydroxyl groups excluding tert-OH is 1. The van der Waals surface area contributed by atoms with Crippen LogP contribution in [0.3, 0.4) is 0 Å². The lowest BCUT2D eigenvalue weighted by Gasteiger charge is -2.20. The fourth-order valence-corrected chi connectivity index (χ4v) is 2.99. The van der Waals surface area contributed by atoms with Crippen molar-refractivity contribution >= 4 is 28.2 Å². The van der Waals surface area contributed by atoms with Crippen LogP contribution in [0.5, 0.6) is 0 Å². The number of hydrogen-bond donors (Lipinski definition) is 3. The number of aliphatic hydroxyl groups is 1. The molecule has 28 heavy (non-hydrogen) atoms. The van der Waals surface area contributed by atoms with Gasteiger partial charge in [-0.3, -0.25) is 10.1 Å². The van der Waals surface area contributed by atoms with Crippen molar-refractivity contribution in [1.29, 1.82) is 0 Å². The Morgan fingerprint density at radius 3 is 2.50 bits per heavy atom. The van der Waals surface area contributed by atoms with E-state index in [9.17, 15) is 9.90 Å². The predicted octanol–water partition coefficient (Wildman–Crippen LogP) is 3.63. The van der Waals surface area contributed by atoms with Crippen molar-refractivity contribution in [2.45, 2.75) is 32.3 Å². The van der Waals surface area contributed by atoms with E-state index in [4.69, 9.17) is 0 Å². The topological polar surface area (TPSA) is 100 Å². The van der Waals surface area contributed by atoms with Crippen molar-refractivity contribution in [3.63, 3.8) is 0 Å². The zero-order chi connectivity index (χ0) is 20.1. The number of nitrogens with zero attached hydrogens (tertiary/aromatic N) is 3. The SMILES string of the molecule is CC(C)(C)c1ccc(C(O)CNc2ccc(C(=O)Nc3nncs3)cn2)cc1. The summed E-state index contributed by atoms with van der Waals surface area (Å²) in [5.41, 5.74) is 4.10. The number of nitrogens with one attached hydrogen (secondary N) is 2. The van der Waals surface area contributed by atoms with Gasteiger partial charge in [-0.25, -0.2) is 4.98 Å². The van der Waals surface area contributed by atoms with Crippen LogP contribution in [0.4, 0.5) is 10.9 Å². The molecular formula is C20H23N5O2S. The van der Waals surface area contributed by atoms with Crippen molar-refractivity contribution in [3.8, 4) is 0 Å². The molecule has 8 heteroatoms. The Bertz CT molecular complexity index is 903. The smallest absolute Gasteiger partial charge is 0.259 e. The average molecular weight is 398 g/mol. The Morgan fingerprint density at radius 2 is 1.93 bits per heavy atom. The Labute approximate surface area is 167 Å². The number of anilines is 2. The second-order valence-electron chi connectivity index (χ2n) is 7.40. The minimum atomic E-state index is -0.656. The zero-order valence-electron chi connectivity index (χ0n) is 16.0. The molecule has 3 rings (SSSR count). The monoisotopic (exact) mass is 397 g/mol. The third kappa shape index (κ3) is 5.11. The molecule has 1 amide bonds. The molecule has 0 bridgehead atoms. The molecule has 1 atom stereocenters. The molecule has 2 heterocycles. The molecule has 146 valence electrons. The standard InChI is InChI=1S/C20H23N5O2S/c1-20(2,3)15-7-4-13(5-8-15)16(26)11-22-17-9-6-14(10-21-17)18(27)24-19-25-23-12-28-19/h4-10,12,16,26H,11H2,1-3H3,(H,21,22)(H,24,25,27). The molecule has 1 aromatic carbocycles. The first-order valence-corrected chi connectivity index (χ1v) is 9.77. The van der Waals surface area contributed by atoms with Crippen LogP contribution in [0.15, 0.2) is 48.1 Å². The molecule has 0 fully saturated rings. The Hall–Kier alpha value is -2.84. The molecule has 0 saturated carbocycles. The van der Waals surface area contributed by atoms with Crippen molar-refractivity contribution in [2.75, 3.05) is 17.2 Å². The minimum absolute atomic E-state index is 0.0791. The summed E-state index contributed by atoms with van der Waals surface area (Å²) in [6, 6.07) is 11.3. The molecule has 0 aliphatic rings. The second kappa shape index (κ2) is 8.45. The molecule has 0 radical (unpaired) electrons. The highest BCUT2D eigenvalue weighted by Crippen LogP contribution is 2.24. The molecule has 1 unspecified atom stereocenters. The van der Waals surface area contributed by atoms with Gasteiger partial charge in [-0.05, 0) is 28.7 Å². The van der Waals surface area contributed by atoms with Crippen molar-refractivity contribution < 1.29 is 9.90 Å². The maximum atomic E-state index is 12.1. The number of hydrogen-bond acceptors (Lipinski definition) is 7. The van der Waals surface area contributed by atoms with Gasteiger partial charge in [0.05, 0.1) is 11.7 Å². The van der Waals surface area contributed by atoms with Gasteiger partial charge in [0.2, 0.25) is 5.13 Å². The summed E-state index contributed by atoms with van der Waals surface area (Å²) in [5.74, 6) is 0.285. The van der Waals surface area contributed by atoms with E-state index < -0.39 is 6.10 Å². The Morgan fingerprint density at radius 1 is 1.18 bits per heavy atom. The fraction of sp³-hybridized carbons (Fsp3) is 0.300. The maximum absolute atomic E-state index is 12.1. The Kier molecular flexibility index (Phi) is 6.01. The molecule has 0 aliphatic carbocycles. The summed E-state index contributed by atoms with van der Waals surface area (Å²) in [6.07, 6.45) is 0.819. The van der Waals surface area contributed by atoms with Gasteiger partial charge in [-0.1, -0.05) is 56.4 Å². The first-order chi connectivity index (χ1) is 13.3. The van der Waals surface area contributed by atoms with Crippen LogP contribution >= 0.6 is 11.3 Å². The molecule has 0 spiro atoms. The van der Waals surface area contributed by atoms with Crippen LogP contribution in [0.1, 0.15) is 48.4 Å². The van der Waals surface area contributed by atoms with Gasteiger partial charge in [-0.15, -0.1) is 10.2 Å². The number of rotatable bonds is 6. The highest BCUT2D eigenvalue weighted by Gasteiger charge is 2.15. The molecular weight excluding hydrogens is 374 g/mol. The summed E-state index contributed by atoms with van der Waals surface area (Å²) >= 11 is 1.25. The van der Waals surface area contributed by atoms with E-state index in [1.54, 1.807) is 17.6 Å². The van der Waals surface area contributed by atoms with Crippen molar-refractivity contribution in [3.05, 3.63) is 64.8 Å². The molecule has 7 nitrogen and oxygen atoms in total. The highest BCUT2D eigenvalue weighted by molar-refractivity contribution is 7.13. The number of benzene rings is 1. The lowest BCUT2D eigenvalue weighted by molar-refractivity contribution is 0.102. The van der Waals surface area contributed by atoms with Gasteiger partial charge in [0.25, 0.3) is 5.91 Å². The average Bonchev–Trinajstić information content (AvgIpc) is 3.19. The molecule has 3 aromatic rings. The van der Waals surface area contributed by atoms with Gasteiger partial charge >= 0.3 is 0 Å². The summed E-state index contributed by atoms with van der Waals surface area (Å²) < 4.78 is 0. The number of pyridine rings is 1. The summed E-state index contributed by atoms with van der Waals surface area (Å²) in [7, 11) is 0. The van der Waals surface area contributed by atoms with Gasteiger partial charge in [0.15, 0.2) is 0 Å². The van der Waals surface area contributed by atoms with Gasteiger partial charge < -0.3 is 10.4 Å². The van der Waals surface area contributed by atoms with Crippen LogP contribution in [0, 0.1) is 0 Å². The largest absolute Gasteiger partial charge is 0.387 e. The van der Waals surface area contributed by atoms with E-state index >= 15 is 0 Å². The first kappa shape index (κ1) is 19.9. The predicted molar refractivity (Wildman–Crippen MR) is 111 cm³/mol. The quantitative estimate of drug-likeness (QED) is 0.587. The zero-order valence-corrected chi connectivity index (χ0v) is 16.8. The third-order valence-electron chi connectivity index (χ3n) is 4.24. The van der Waals surface area contributed by atoms with Crippen LogP contribution in [0.2, 0.25) is 0 Å². The third-order valence-corrected chi connectivity index (χ3v) is 4.85. The number of aromatic nitrogens is 3. The normalized spacial score (nSPS) is 12.4. The molecule has 3 N–H and O–H groups in total. The number of amides is 1. The van der Waals surface area contributed by atoms with Gasteiger partial charge in [0.1, 0.15) is 11.3 Å². The van der Waals surface area contributed by atoms with E-state index in [-0.39, 0.29) is 11.3 Å². The summed E-state index contributed by atoms with van der Waals surface area (Å²) in [6.45, 7) is 6.79. The Balaban J connectivity index is 1.55. The van der Waals surface area contributed by atoms with E-state index in [0.29, 0.717) is 23.1 Å². The second-order valence-corrected chi connectivity index (χ2v) is 8.23. The number of carbonyl (C=O) groups is 1. The fourth-order valence-electron chi connectivity index (χ4n) is 2.55. The lowest BCUT2D eigenvalue weighted by Crippen LogP contribution is -2.15. The van der Waals surface area contributed by atoms with Crippen LogP contribution in [-0.2, 0) is 5.41 Å². The van der Waals surface area contributed by atoms with Crippen LogP contribution in [-0.4, -0.2) is 32.7 Å². The molecule has 0 saturated heterocycles. The van der Waals surface area contributed by atoms with Crippen LogP contribution in [0.25, 0.3) is 0 Å². The lowest BCUT2D eigenvalue weighted by atomic mass is 9.86. The van der Waals surface area contributed by atoms with Crippen molar-refractivity contribution in [1.82, 2.24) is 15.2 Å². The minimum Gasteiger partial charge on any atom is -0.387 e. The van der Waals surface area contributed by atoms with Crippen LogP contribution < -0.4 is 10.6 Å². The van der Waals surface area contributed by atoms with E-state index in [2.05, 4.69) is 46.6 Å². The summed E-state index contributed by atoms with van der Waals surface area (Å²) in [5, 5.41) is 24.0. The van der Waals surface area contributed by atoms with E-state index in [1.165, 1.54) is 23.1 Å². The van der Waals surface area contributed by atoms with Crippen molar-refractivity contribution in [2.24, 2.45) is 0 Å².